The van der Waals surface area contributed by atoms with Crippen LogP contribution in [-0.4, -0.2) is 59.5 Å². The molecule has 0 atom stereocenters. The van der Waals surface area contributed by atoms with E-state index in [2.05, 4.69) is 0 Å². The van der Waals surface area contributed by atoms with Crippen molar-refractivity contribution >= 4 is 11.8 Å². The van der Waals surface area contributed by atoms with Crippen LogP contribution in [0.25, 0.3) is 0 Å². The molecule has 1 aromatic rings. The zero-order chi connectivity index (χ0) is 18.2. The molecule has 140 valence electrons. The highest BCUT2D eigenvalue weighted by atomic mass is 16.5. The Morgan fingerprint density at radius 3 is 2.56 bits per heavy atom. The van der Waals surface area contributed by atoms with Crippen LogP contribution in [0.1, 0.15) is 38.3 Å². The van der Waals surface area contributed by atoms with Gasteiger partial charge in [-0.25, -0.2) is 0 Å². The third kappa shape index (κ3) is 5.33. The first kappa shape index (κ1) is 19.5. The van der Waals surface area contributed by atoms with Crippen molar-refractivity contribution in [1.82, 2.24) is 14.4 Å². The Morgan fingerprint density at radius 1 is 1.28 bits per heavy atom. The minimum absolute atomic E-state index is 0.0145. The molecule has 6 nitrogen and oxygen atoms in total. The van der Waals surface area contributed by atoms with Gasteiger partial charge in [0.25, 0.3) is 0 Å². The highest BCUT2D eigenvalue weighted by Crippen LogP contribution is 2.28. The molecule has 0 aliphatic heterocycles. The molecule has 1 saturated carbocycles. The van der Waals surface area contributed by atoms with Crippen molar-refractivity contribution in [3.05, 3.63) is 24.0 Å². The Bertz CT molecular complexity index is 566. The number of amides is 2. The summed E-state index contributed by atoms with van der Waals surface area (Å²) >= 11 is 0. The monoisotopic (exact) mass is 349 g/mol. The first-order chi connectivity index (χ1) is 12.1. The highest BCUT2D eigenvalue weighted by Gasteiger charge is 2.30. The van der Waals surface area contributed by atoms with Gasteiger partial charge in [-0.15, -0.1) is 0 Å². The van der Waals surface area contributed by atoms with Gasteiger partial charge in [0, 0.05) is 45.1 Å². The summed E-state index contributed by atoms with van der Waals surface area (Å²) in [5, 5.41) is 0. The fourth-order valence-electron chi connectivity index (χ4n) is 3.06. The summed E-state index contributed by atoms with van der Waals surface area (Å²) in [6.45, 7) is 4.39. The summed E-state index contributed by atoms with van der Waals surface area (Å²) in [4.78, 5) is 29.0. The lowest BCUT2D eigenvalue weighted by Gasteiger charge is -2.33. The molecule has 25 heavy (non-hydrogen) atoms. The minimum Gasteiger partial charge on any atom is -0.383 e. The van der Waals surface area contributed by atoms with Gasteiger partial charge in [-0.3, -0.25) is 9.59 Å². The Morgan fingerprint density at radius 2 is 2.04 bits per heavy atom. The summed E-state index contributed by atoms with van der Waals surface area (Å²) in [5.41, 5.74) is 1.07. The van der Waals surface area contributed by atoms with Crippen LogP contribution in [0.15, 0.2) is 18.3 Å². The quantitative estimate of drug-likeness (QED) is 0.649. The van der Waals surface area contributed by atoms with Gasteiger partial charge in [0.05, 0.1) is 19.7 Å². The summed E-state index contributed by atoms with van der Waals surface area (Å²) < 4.78 is 7.17. The lowest BCUT2D eigenvalue weighted by Crippen LogP contribution is -2.46. The van der Waals surface area contributed by atoms with E-state index in [0.29, 0.717) is 26.2 Å². The molecule has 0 saturated heterocycles. The van der Waals surface area contributed by atoms with Crippen molar-refractivity contribution in [3.8, 4) is 0 Å². The molecular weight excluding hydrogens is 318 g/mol. The largest absolute Gasteiger partial charge is 0.383 e. The van der Waals surface area contributed by atoms with Crippen LogP contribution < -0.4 is 0 Å². The summed E-state index contributed by atoms with van der Waals surface area (Å²) in [6, 6.07) is 3.98. The summed E-state index contributed by atoms with van der Waals surface area (Å²) in [5.74, 6) is 0.256. The zero-order valence-electron chi connectivity index (χ0n) is 15.7. The standard InChI is InChI=1S/C19H31N3O3/c1-4-10-22(19(24)16-7-5-8-16)15-18(23)21(12-13-25-3)14-17-9-6-11-20(17)2/h6,9,11,16H,4-5,7-8,10,12-15H2,1-3H3. The average molecular weight is 349 g/mol. The molecule has 6 heteroatoms. The van der Waals surface area contributed by atoms with E-state index < -0.39 is 0 Å². The summed E-state index contributed by atoms with van der Waals surface area (Å²) in [6.07, 6.45) is 5.88. The first-order valence-electron chi connectivity index (χ1n) is 9.22. The van der Waals surface area contributed by atoms with E-state index in [1.54, 1.807) is 16.9 Å². The van der Waals surface area contributed by atoms with Gasteiger partial charge in [-0.1, -0.05) is 13.3 Å². The topological polar surface area (TPSA) is 54.8 Å². The van der Waals surface area contributed by atoms with Gasteiger partial charge in [-0.05, 0) is 31.4 Å². The number of rotatable bonds is 10. The van der Waals surface area contributed by atoms with E-state index in [1.807, 2.05) is 36.9 Å². The fraction of sp³-hybridized carbons (Fsp3) is 0.684. The molecular formula is C19H31N3O3. The van der Waals surface area contributed by atoms with E-state index in [4.69, 9.17) is 4.74 Å². The molecule has 1 heterocycles. The molecule has 2 amide bonds. The third-order valence-electron chi connectivity index (χ3n) is 4.91. The van der Waals surface area contributed by atoms with Crippen LogP contribution in [0.3, 0.4) is 0 Å². The maximum absolute atomic E-state index is 12.9. The van der Waals surface area contributed by atoms with Gasteiger partial charge in [0.15, 0.2) is 0 Å². The number of aromatic nitrogens is 1. The smallest absolute Gasteiger partial charge is 0.242 e. The Balaban J connectivity index is 2.02. The molecule has 0 bridgehead atoms. The third-order valence-corrected chi connectivity index (χ3v) is 4.91. The van der Waals surface area contributed by atoms with Gasteiger partial charge in [-0.2, -0.15) is 0 Å². The maximum atomic E-state index is 12.9. The van der Waals surface area contributed by atoms with Crippen LogP contribution in [0.2, 0.25) is 0 Å². The molecule has 0 N–H and O–H groups in total. The summed E-state index contributed by atoms with van der Waals surface area (Å²) in [7, 11) is 3.60. The predicted molar refractivity (Wildman–Crippen MR) is 96.9 cm³/mol. The Kier molecular flexibility index (Phi) is 7.50. The van der Waals surface area contributed by atoms with Gasteiger partial charge < -0.3 is 19.1 Å². The molecule has 1 aliphatic carbocycles. The van der Waals surface area contributed by atoms with Crippen molar-refractivity contribution in [3.63, 3.8) is 0 Å². The predicted octanol–water partition coefficient (Wildman–Crippen LogP) is 2.04. The number of carbonyl (C=O) groups excluding carboxylic acids is 2. The number of hydrogen-bond donors (Lipinski definition) is 0. The van der Waals surface area contributed by atoms with Crippen LogP contribution in [0.4, 0.5) is 0 Å². The molecule has 0 radical (unpaired) electrons. The number of nitrogens with zero attached hydrogens (tertiary/aromatic N) is 3. The number of hydrogen-bond acceptors (Lipinski definition) is 3. The normalized spacial score (nSPS) is 14.2. The Hall–Kier alpha value is -1.82. The van der Waals surface area contributed by atoms with Gasteiger partial charge in [0.1, 0.15) is 0 Å². The van der Waals surface area contributed by atoms with E-state index in [-0.39, 0.29) is 24.3 Å². The molecule has 2 rings (SSSR count). The first-order valence-corrected chi connectivity index (χ1v) is 9.22. The van der Waals surface area contributed by atoms with Gasteiger partial charge >= 0.3 is 0 Å². The molecule has 0 spiro atoms. The second-order valence-corrected chi connectivity index (χ2v) is 6.81. The second-order valence-electron chi connectivity index (χ2n) is 6.81. The van der Waals surface area contributed by atoms with E-state index in [9.17, 15) is 9.59 Å². The SMILES string of the molecule is CCCN(CC(=O)N(CCOC)Cc1cccn1C)C(=O)C1CCC1. The van der Waals surface area contributed by atoms with Crippen molar-refractivity contribution in [2.45, 2.75) is 39.2 Å². The number of ether oxygens (including phenoxy) is 1. The zero-order valence-corrected chi connectivity index (χ0v) is 15.7. The van der Waals surface area contributed by atoms with E-state index >= 15 is 0 Å². The lowest BCUT2D eigenvalue weighted by molar-refractivity contribution is -0.145. The fourth-order valence-corrected chi connectivity index (χ4v) is 3.06. The van der Waals surface area contributed by atoms with Gasteiger partial charge in [0.2, 0.25) is 11.8 Å². The molecule has 1 fully saturated rings. The number of aryl methyl sites for hydroxylation is 1. The molecule has 1 aliphatic rings. The number of carbonyl (C=O) groups is 2. The Labute approximate surface area is 150 Å². The maximum Gasteiger partial charge on any atom is 0.242 e. The van der Waals surface area contributed by atoms with E-state index in [0.717, 1.165) is 31.4 Å². The van der Waals surface area contributed by atoms with E-state index in [1.165, 1.54) is 0 Å². The molecule has 0 unspecified atom stereocenters. The van der Waals surface area contributed by atoms with Crippen LogP contribution in [0, 0.1) is 5.92 Å². The van der Waals surface area contributed by atoms with Crippen molar-refractivity contribution in [2.24, 2.45) is 13.0 Å². The van der Waals surface area contributed by atoms with Crippen molar-refractivity contribution in [1.29, 1.82) is 0 Å². The minimum atomic E-state index is -0.0145. The van der Waals surface area contributed by atoms with Crippen LogP contribution in [-0.2, 0) is 27.9 Å². The molecule has 1 aromatic heterocycles. The highest BCUT2D eigenvalue weighted by molar-refractivity contribution is 5.86. The second kappa shape index (κ2) is 9.61. The van der Waals surface area contributed by atoms with Crippen LogP contribution >= 0.6 is 0 Å². The van der Waals surface area contributed by atoms with Crippen molar-refractivity contribution in [2.75, 3.05) is 33.4 Å². The van der Waals surface area contributed by atoms with Crippen molar-refractivity contribution < 1.29 is 14.3 Å². The van der Waals surface area contributed by atoms with Crippen LogP contribution in [0.5, 0.6) is 0 Å². The number of methoxy groups -OCH3 is 1. The average Bonchev–Trinajstić information content (AvgIpc) is 2.94. The lowest BCUT2D eigenvalue weighted by atomic mass is 9.84. The molecule has 0 aromatic carbocycles.